The normalized spacial score (nSPS) is 15.9. The lowest BCUT2D eigenvalue weighted by atomic mass is 10.1. The van der Waals surface area contributed by atoms with Gasteiger partial charge in [-0.1, -0.05) is 11.6 Å². The van der Waals surface area contributed by atoms with Gasteiger partial charge in [-0.05, 0) is 29.3 Å². The third-order valence-electron chi connectivity index (χ3n) is 2.61. The number of hydrogen-bond acceptors (Lipinski definition) is 4. The number of halogens is 1. The minimum atomic E-state index is 0.580. The molecule has 2 rings (SSSR count). The molecule has 1 aliphatic rings. The summed E-state index contributed by atoms with van der Waals surface area (Å²) in [6.45, 7) is 3.99. The van der Waals surface area contributed by atoms with Crippen molar-refractivity contribution in [1.29, 1.82) is 0 Å². The van der Waals surface area contributed by atoms with Crippen LogP contribution in [0.4, 0.5) is 5.95 Å². The number of aromatic nitrogens is 2. The molecule has 16 heavy (non-hydrogen) atoms. The van der Waals surface area contributed by atoms with Gasteiger partial charge in [0.1, 0.15) is 0 Å². The summed E-state index contributed by atoms with van der Waals surface area (Å²) in [5, 5.41) is 0. The topological polar surface area (TPSA) is 38.2 Å². The number of ether oxygens (including phenoxy) is 1. The van der Waals surface area contributed by atoms with E-state index in [9.17, 15) is 0 Å². The third-order valence-corrected chi connectivity index (χ3v) is 3.16. The zero-order valence-electron chi connectivity index (χ0n) is 9.40. The molecular weight excluding hydrogens is 270 g/mol. The van der Waals surface area contributed by atoms with Crippen LogP contribution in [0.1, 0.15) is 13.3 Å². The second-order valence-electron chi connectivity index (χ2n) is 3.77. The first kappa shape index (κ1) is 11.4. The highest BCUT2D eigenvalue weighted by atomic mass is 79.9. The Morgan fingerprint density at radius 2 is 2.31 bits per heavy atom. The van der Waals surface area contributed by atoms with Crippen LogP contribution in [-0.4, -0.2) is 30.2 Å². The molecule has 0 aliphatic carbocycles. The van der Waals surface area contributed by atoms with E-state index in [4.69, 9.17) is 4.74 Å². The SMILES string of the molecule is COc1nc(N2CC=C(C)CC2)ncc1Br. The first-order chi connectivity index (χ1) is 7.70. The van der Waals surface area contributed by atoms with Crippen molar-refractivity contribution in [3.8, 4) is 5.88 Å². The molecule has 0 radical (unpaired) electrons. The molecule has 0 saturated heterocycles. The van der Waals surface area contributed by atoms with E-state index < -0.39 is 0 Å². The summed E-state index contributed by atoms with van der Waals surface area (Å²) >= 11 is 3.34. The Morgan fingerprint density at radius 3 is 2.94 bits per heavy atom. The summed E-state index contributed by atoms with van der Waals surface area (Å²) in [5.74, 6) is 1.31. The van der Waals surface area contributed by atoms with Crippen molar-refractivity contribution >= 4 is 21.9 Å². The maximum absolute atomic E-state index is 5.16. The van der Waals surface area contributed by atoms with Gasteiger partial charge >= 0.3 is 0 Å². The Labute approximate surface area is 103 Å². The van der Waals surface area contributed by atoms with Crippen LogP contribution in [0.3, 0.4) is 0 Å². The second-order valence-corrected chi connectivity index (χ2v) is 4.63. The zero-order chi connectivity index (χ0) is 11.5. The van der Waals surface area contributed by atoms with E-state index in [0.717, 1.165) is 29.9 Å². The van der Waals surface area contributed by atoms with Gasteiger partial charge in [-0.25, -0.2) is 4.98 Å². The van der Waals surface area contributed by atoms with Gasteiger partial charge in [0, 0.05) is 13.1 Å². The lowest BCUT2D eigenvalue weighted by Gasteiger charge is -2.25. The van der Waals surface area contributed by atoms with E-state index in [-0.39, 0.29) is 0 Å². The molecule has 0 bridgehead atoms. The van der Waals surface area contributed by atoms with Crippen LogP contribution in [0.2, 0.25) is 0 Å². The van der Waals surface area contributed by atoms with E-state index in [2.05, 4.69) is 43.8 Å². The van der Waals surface area contributed by atoms with Gasteiger partial charge in [0.15, 0.2) is 0 Å². The van der Waals surface area contributed by atoms with Crippen LogP contribution in [-0.2, 0) is 0 Å². The number of hydrogen-bond donors (Lipinski definition) is 0. The van der Waals surface area contributed by atoms with Gasteiger partial charge in [0.25, 0.3) is 0 Å². The van der Waals surface area contributed by atoms with Crippen LogP contribution in [0.5, 0.6) is 5.88 Å². The molecule has 2 heterocycles. The average Bonchev–Trinajstić information content (AvgIpc) is 2.31. The summed E-state index contributed by atoms with van der Waals surface area (Å²) in [6.07, 6.45) is 5.01. The Bertz CT molecular complexity index is 420. The summed E-state index contributed by atoms with van der Waals surface area (Å²) in [4.78, 5) is 10.8. The van der Waals surface area contributed by atoms with E-state index in [1.165, 1.54) is 5.57 Å². The lowest BCUT2D eigenvalue weighted by molar-refractivity contribution is 0.393. The molecule has 0 unspecified atom stereocenters. The summed E-state index contributed by atoms with van der Waals surface area (Å²) in [5.41, 5.74) is 1.43. The van der Waals surface area contributed by atoms with Crippen LogP contribution in [0.25, 0.3) is 0 Å². The molecular formula is C11H14BrN3O. The average molecular weight is 284 g/mol. The van der Waals surface area contributed by atoms with Gasteiger partial charge in [0.2, 0.25) is 11.8 Å². The summed E-state index contributed by atoms with van der Waals surface area (Å²) < 4.78 is 5.94. The van der Waals surface area contributed by atoms with Crippen LogP contribution in [0.15, 0.2) is 22.3 Å². The maximum atomic E-state index is 5.16. The quantitative estimate of drug-likeness (QED) is 0.782. The first-order valence-corrected chi connectivity index (χ1v) is 5.97. The van der Waals surface area contributed by atoms with Gasteiger partial charge in [-0.2, -0.15) is 4.98 Å². The molecule has 0 spiro atoms. The van der Waals surface area contributed by atoms with Gasteiger partial charge in [0.05, 0.1) is 17.8 Å². The number of nitrogens with zero attached hydrogens (tertiary/aromatic N) is 3. The molecule has 0 fully saturated rings. The largest absolute Gasteiger partial charge is 0.480 e. The van der Waals surface area contributed by atoms with E-state index in [1.54, 1.807) is 13.3 Å². The Balaban J connectivity index is 2.21. The standard InChI is InChI=1S/C11H14BrN3O/c1-8-3-5-15(6-4-8)11-13-7-9(12)10(14-11)16-2/h3,7H,4-6H2,1-2H3. The fraction of sp³-hybridized carbons (Fsp3) is 0.455. The number of methoxy groups -OCH3 is 1. The van der Waals surface area contributed by atoms with Crippen LogP contribution < -0.4 is 9.64 Å². The maximum Gasteiger partial charge on any atom is 0.232 e. The van der Waals surface area contributed by atoms with Gasteiger partial charge in [-0.15, -0.1) is 0 Å². The first-order valence-electron chi connectivity index (χ1n) is 5.18. The van der Waals surface area contributed by atoms with Crippen molar-refractivity contribution in [2.75, 3.05) is 25.1 Å². The fourth-order valence-electron chi connectivity index (χ4n) is 1.59. The molecule has 1 aromatic heterocycles. The van der Waals surface area contributed by atoms with Gasteiger partial charge in [-0.3, -0.25) is 0 Å². The second kappa shape index (κ2) is 4.82. The smallest absolute Gasteiger partial charge is 0.232 e. The summed E-state index contributed by atoms with van der Waals surface area (Å²) in [6, 6.07) is 0. The monoisotopic (exact) mass is 283 g/mol. The number of rotatable bonds is 2. The van der Waals surface area contributed by atoms with Crippen molar-refractivity contribution < 1.29 is 4.74 Å². The molecule has 0 N–H and O–H groups in total. The molecule has 0 saturated carbocycles. The predicted octanol–water partition coefficient (Wildman–Crippen LogP) is 2.40. The highest BCUT2D eigenvalue weighted by molar-refractivity contribution is 9.10. The Kier molecular flexibility index (Phi) is 3.43. The molecule has 0 atom stereocenters. The Hall–Kier alpha value is -1.10. The molecule has 0 aromatic carbocycles. The molecule has 1 aliphatic heterocycles. The van der Waals surface area contributed by atoms with Crippen molar-refractivity contribution in [1.82, 2.24) is 9.97 Å². The predicted molar refractivity (Wildman–Crippen MR) is 66.9 cm³/mol. The Morgan fingerprint density at radius 1 is 1.50 bits per heavy atom. The van der Waals surface area contributed by atoms with Crippen molar-refractivity contribution in [3.63, 3.8) is 0 Å². The molecule has 4 nitrogen and oxygen atoms in total. The third kappa shape index (κ3) is 2.35. The van der Waals surface area contributed by atoms with E-state index >= 15 is 0 Å². The van der Waals surface area contributed by atoms with Crippen molar-refractivity contribution in [2.24, 2.45) is 0 Å². The fourth-order valence-corrected chi connectivity index (χ4v) is 1.94. The van der Waals surface area contributed by atoms with E-state index in [1.807, 2.05) is 0 Å². The molecule has 86 valence electrons. The molecule has 5 heteroatoms. The minimum absolute atomic E-state index is 0.580. The highest BCUT2D eigenvalue weighted by Gasteiger charge is 2.14. The number of anilines is 1. The van der Waals surface area contributed by atoms with Crippen molar-refractivity contribution in [2.45, 2.75) is 13.3 Å². The lowest BCUT2D eigenvalue weighted by Crippen LogP contribution is -2.29. The van der Waals surface area contributed by atoms with Crippen LogP contribution >= 0.6 is 15.9 Å². The van der Waals surface area contributed by atoms with E-state index in [0.29, 0.717) is 5.88 Å². The van der Waals surface area contributed by atoms with Gasteiger partial charge < -0.3 is 9.64 Å². The van der Waals surface area contributed by atoms with Crippen molar-refractivity contribution in [3.05, 3.63) is 22.3 Å². The highest BCUT2D eigenvalue weighted by Crippen LogP contribution is 2.24. The van der Waals surface area contributed by atoms with Crippen LogP contribution in [0, 0.1) is 0 Å². The molecule has 1 aromatic rings. The minimum Gasteiger partial charge on any atom is -0.480 e. The molecule has 0 amide bonds. The zero-order valence-corrected chi connectivity index (χ0v) is 11.0. The summed E-state index contributed by atoms with van der Waals surface area (Å²) in [7, 11) is 1.61.